The van der Waals surface area contributed by atoms with Crippen molar-refractivity contribution in [2.24, 2.45) is 0 Å². The van der Waals surface area contributed by atoms with Crippen molar-refractivity contribution in [2.45, 2.75) is 24.8 Å². The molecule has 0 bridgehead atoms. The van der Waals surface area contributed by atoms with Gasteiger partial charge in [-0.1, -0.05) is 90.5 Å². The molecule has 5 nitrogen and oxygen atoms in total. The molecule has 0 unspecified atom stereocenters. The van der Waals surface area contributed by atoms with E-state index in [2.05, 4.69) is 76.0 Å². The van der Waals surface area contributed by atoms with Gasteiger partial charge < -0.3 is 10.2 Å². The minimum absolute atomic E-state index is 0.327. The molecule has 3 aromatic carbocycles. The summed E-state index contributed by atoms with van der Waals surface area (Å²) in [5.41, 5.74) is 5.57. The van der Waals surface area contributed by atoms with Crippen LogP contribution in [-0.2, 0) is 0 Å². The van der Waals surface area contributed by atoms with Crippen LogP contribution in [0.4, 0.5) is 5.82 Å². The Morgan fingerprint density at radius 2 is 1.53 bits per heavy atom. The zero-order valence-corrected chi connectivity index (χ0v) is 21.9. The van der Waals surface area contributed by atoms with E-state index in [1.165, 1.54) is 11.1 Å². The molecule has 1 fully saturated rings. The van der Waals surface area contributed by atoms with Crippen LogP contribution >= 0.6 is 11.6 Å². The van der Waals surface area contributed by atoms with Gasteiger partial charge in [0.05, 0.1) is 5.69 Å². The van der Waals surface area contributed by atoms with Crippen molar-refractivity contribution < 1.29 is 0 Å². The highest BCUT2D eigenvalue weighted by Gasteiger charge is 2.24. The van der Waals surface area contributed by atoms with Crippen LogP contribution < -0.4 is 10.8 Å². The highest BCUT2D eigenvalue weighted by Crippen LogP contribution is 2.30. The van der Waals surface area contributed by atoms with E-state index in [0.717, 1.165) is 49.6 Å². The molecule has 1 aliphatic rings. The van der Waals surface area contributed by atoms with Crippen LogP contribution in [0.15, 0.2) is 97.2 Å². The molecule has 38 heavy (non-hydrogen) atoms. The third-order valence-corrected chi connectivity index (χ3v) is 7.76. The molecule has 2 aromatic heterocycles. The standard InChI is InChI=1S/C31H29BClN5/c32-27-20-34-38-30(19-29(36-31(27)38)25-13-7-8-14-28(25)33)35-24-15-17-37(18-16-24)21-26(22-9-3-1-4-10-22)23-11-5-2-6-12-23/h1-14,19-20,24,26,35H,15-18,21H2. The maximum Gasteiger partial charge on any atom is 0.150 e. The number of hydrogen-bond acceptors (Lipinski definition) is 4. The van der Waals surface area contributed by atoms with E-state index < -0.39 is 0 Å². The smallest absolute Gasteiger partial charge is 0.150 e. The number of hydrogen-bond donors (Lipinski definition) is 1. The Hall–Kier alpha value is -3.61. The fourth-order valence-corrected chi connectivity index (χ4v) is 5.62. The Balaban J connectivity index is 1.19. The molecular weight excluding hydrogens is 489 g/mol. The first-order valence-corrected chi connectivity index (χ1v) is 13.5. The van der Waals surface area contributed by atoms with Crippen LogP contribution in [0.25, 0.3) is 16.9 Å². The van der Waals surface area contributed by atoms with Gasteiger partial charge in [0, 0.05) is 54.4 Å². The Labute approximate surface area is 229 Å². The van der Waals surface area contributed by atoms with Crippen molar-refractivity contribution in [1.82, 2.24) is 19.5 Å². The number of likely N-dealkylation sites (tertiary alicyclic amines) is 1. The van der Waals surface area contributed by atoms with E-state index in [9.17, 15) is 0 Å². The molecule has 2 radical (unpaired) electrons. The fourth-order valence-electron chi connectivity index (χ4n) is 5.39. The van der Waals surface area contributed by atoms with Crippen molar-refractivity contribution in [3.8, 4) is 11.3 Å². The summed E-state index contributed by atoms with van der Waals surface area (Å²) in [6.07, 6.45) is 3.73. The molecule has 0 saturated carbocycles. The summed E-state index contributed by atoms with van der Waals surface area (Å²) in [5, 5.41) is 8.89. The molecule has 3 heterocycles. The number of fused-ring (bicyclic) bond motifs is 1. The lowest BCUT2D eigenvalue weighted by molar-refractivity contribution is 0.213. The largest absolute Gasteiger partial charge is 0.367 e. The minimum Gasteiger partial charge on any atom is -0.367 e. The number of nitrogens with zero attached hydrogens (tertiary/aromatic N) is 4. The molecule has 0 spiro atoms. The Morgan fingerprint density at radius 1 is 0.895 bits per heavy atom. The predicted molar refractivity (Wildman–Crippen MR) is 157 cm³/mol. The summed E-state index contributed by atoms with van der Waals surface area (Å²) in [5.74, 6) is 1.23. The van der Waals surface area contributed by atoms with Crippen LogP contribution in [0.5, 0.6) is 0 Å². The first kappa shape index (κ1) is 24.7. The monoisotopic (exact) mass is 517 g/mol. The van der Waals surface area contributed by atoms with Crippen molar-refractivity contribution >= 4 is 36.4 Å². The number of anilines is 1. The predicted octanol–water partition coefficient (Wildman–Crippen LogP) is 5.55. The van der Waals surface area contributed by atoms with Crippen molar-refractivity contribution in [3.63, 3.8) is 0 Å². The van der Waals surface area contributed by atoms with Crippen LogP contribution in [0.3, 0.4) is 0 Å². The lowest BCUT2D eigenvalue weighted by atomic mass is 9.90. The van der Waals surface area contributed by atoms with Crippen LogP contribution in [0, 0.1) is 0 Å². The average molecular weight is 518 g/mol. The van der Waals surface area contributed by atoms with E-state index in [-0.39, 0.29) is 0 Å². The van der Waals surface area contributed by atoms with Gasteiger partial charge in [0.1, 0.15) is 13.7 Å². The zero-order chi connectivity index (χ0) is 25.9. The van der Waals surface area contributed by atoms with Crippen molar-refractivity contribution in [1.29, 1.82) is 0 Å². The van der Waals surface area contributed by atoms with Gasteiger partial charge in [-0.3, -0.25) is 0 Å². The number of halogens is 1. The van der Waals surface area contributed by atoms with Gasteiger partial charge in [-0.25, -0.2) is 4.98 Å². The van der Waals surface area contributed by atoms with E-state index in [4.69, 9.17) is 24.4 Å². The minimum atomic E-state index is 0.327. The Kier molecular flexibility index (Phi) is 7.17. The van der Waals surface area contributed by atoms with Gasteiger partial charge in [-0.05, 0) is 35.5 Å². The average Bonchev–Trinajstić information content (AvgIpc) is 3.34. The molecule has 188 valence electrons. The maximum absolute atomic E-state index is 6.49. The first-order valence-electron chi connectivity index (χ1n) is 13.1. The first-order chi connectivity index (χ1) is 18.7. The molecule has 1 saturated heterocycles. The van der Waals surface area contributed by atoms with E-state index in [1.54, 1.807) is 10.7 Å². The molecule has 1 aliphatic heterocycles. The Morgan fingerprint density at radius 3 is 2.18 bits per heavy atom. The summed E-state index contributed by atoms with van der Waals surface area (Å²) in [6, 6.07) is 31.8. The molecule has 6 rings (SSSR count). The SMILES string of the molecule is [B]c1cnn2c(NC3CCN(CC(c4ccccc4)c4ccccc4)CC3)cc(-c3ccccc3Cl)nc12. The molecule has 0 aliphatic carbocycles. The number of rotatable bonds is 7. The Bertz CT molecular complexity index is 1470. The lowest BCUT2D eigenvalue weighted by Gasteiger charge is -2.35. The van der Waals surface area contributed by atoms with Crippen molar-refractivity contribution in [2.75, 3.05) is 25.0 Å². The molecule has 7 heteroatoms. The number of benzene rings is 3. The van der Waals surface area contributed by atoms with Gasteiger partial charge in [0.2, 0.25) is 0 Å². The van der Waals surface area contributed by atoms with E-state index in [1.807, 2.05) is 30.3 Å². The summed E-state index contributed by atoms with van der Waals surface area (Å²) in [7, 11) is 6.21. The van der Waals surface area contributed by atoms with Crippen LogP contribution in [0.2, 0.25) is 5.02 Å². The van der Waals surface area contributed by atoms with Crippen LogP contribution in [0.1, 0.15) is 29.9 Å². The van der Waals surface area contributed by atoms with Crippen molar-refractivity contribution in [3.05, 3.63) is 113 Å². The van der Waals surface area contributed by atoms with Gasteiger partial charge in [0.25, 0.3) is 0 Å². The van der Waals surface area contributed by atoms with Gasteiger partial charge in [0.15, 0.2) is 5.65 Å². The maximum atomic E-state index is 6.49. The highest BCUT2D eigenvalue weighted by atomic mass is 35.5. The van der Waals surface area contributed by atoms with Gasteiger partial charge in [-0.15, -0.1) is 0 Å². The fraction of sp³-hybridized carbons (Fsp3) is 0.226. The quantitative estimate of drug-likeness (QED) is 0.287. The molecular formula is C31H29BClN5. The third kappa shape index (κ3) is 5.20. The summed E-state index contributed by atoms with van der Waals surface area (Å²) >= 11 is 6.49. The van der Waals surface area contributed by atoms with E-state index >= 15 is 0 Å². The molecule has 0 amide bonds. The number of nitrogens with one attached hydrogen (secondary N) is 1. The zero-order valence-electron chi connectivity index (χ0n) is 21.2. The topological polar surface area (TPSA) is 45.5 Å². The summed E-state index contributed by atoms with van der Waals surface area (Å²) < 4.78 is 1.79. The van der Waals surface area contributed by atoms with Gasteiger partial charge >= 0.3 is 0 Å². The summed E-state index contributed by atoms with van der Waals surface area (Å²) in [6.45, 7) is 3.06. The normalized spacial score (nSPS) is 14.8. The number of aromatic nitrogens is 3. The number of piperidine rings is 1. The second kappa shape index (κ2) is 11.0. The highest BCUT2D eigenvalue weighted by molar-refractivity contribution is 6.36. The summed E-state index contributed by atoms with van der Waals surface area (Å²) in [4.78, 5) is 7.35. The van der Waals surface area contributed by atoms with Gasteiger partial charge in [-0.2, -0.15) is 9.61 Å². The molecule has 1 N–H and O–H groups in total. The lowest BCUT2D eigenvalue weighted by Crippen LogP contribution is -2.41. The molecule has 5 aromatic rings. The van der Waals surface area contributed by atoms with E-state index in [0.29, 0.717) is 28.1 Å². The van der Waals surface area contributed by atoms with Crippen LogP contribution in [-0.4, -0.2) is 53.0 Å². The molecule has 0 atom stereocenters. The second-order valence-electron chi connectivity index (χ2n) is 9.93. The third-order valence-electron chi connectivity index (χ3n) is 7.43. The second-order valence-corrected chi connectivity index (χ2v) is 10.3.